The van der Waals surface area contributed by atoms with Crippen molar-refractivity contribution in [3.05, 3.63) is 22.3 Å². The monoisotopic (exact) mass is 313 g/mol. The van der Waals surface area contributed by atoms with E-state index < -0.39 is 0 Å². The molecule has 0 fully saturated rings. The Morgan fingerprint density at radius 3 is 2.67 bits per heavy atom. The highest BCUT2D eigenvalue weighted by Crippen LogP contribution is 2.22. The largest absolute Gasteiger partial charge is 0.356 e. The second kappa shape index (κ2) is 7.74. The lowest BCUT2D eigenvalue weighted by atomic mass is 10.1. The van der Waals surface area contributed by atoms with Crippen molar-refractivity contribution in [1.29, 1.82) is 0 Å². The number of nitrogens with zero attached hydrogens (tertiary/aromatic N) is 2. The average Bonchev–Trinajstić information content (AvgIpc) is 2.33. The first-order valence-electron chi connectivity index (χ1n) is 6.68. The van der Waals surface area contributed by atoms with Gasteiger partial charge in [0.1, 0.15) is 5.82 Å². The van der Waals surface area contributed by atoms with Crippen molar-refractivity contribution in [2.24, 2.45) is 5.92 Å². The zero-order chi connectivity index (χ0) is 13.5. The molecule has 0 spiro atoms. The Morgan fingerprint density at radius 1 is 1.39 bits per heavy atom. The van der Waals surface area contributed by atoms with Gasteiger partial charge in [0.25, 0.3) is 0 Å². The predicted molar refractivity (Wildman–Crippen MR) is 82.0 cm³/mol. The molecule has 0 aliphatic heterocycles. The van der Waals surface area contributed by atoms with Gasteiger partial charge in [0.15, 0.2) is 0 Å². The van der Waals surface area contributed by atoms with Gasteiger partial charge in [-0.15, -0.1) is 0 Å². The third kappa shape index (κ3) is 4.58. The summed E-state index contributed by atoms with van der Waals surface area (Å²) in [5.41, 5.74) is 1.26. The van der Waals surface area contributed by atoms with Crippen molar-refractivity contribution in [2.75, 3.05) is 24.5 Å². The Bertz CT molecular complexity index is 366. The molecule has 0 bridgehead atoms. The fraction of sp³-hybridized carbons (Fsp3) is 0.643. The third-order valence-corrected chi connectivity index (χ3v) is 3.18. The molecule has 0 amide bonds. The fourth-order valence-corrected chi connectivity index (χ4v) is 2.33. The van der Waals surface area contributed by atoms with E-state index in [4.69, 9.17) is 0 Å². The maximum absolute atomic E-state index is 4.59. The molecule has 0 aromatic carbocycles. The molecule has 0 aliphatic carbocycles. The highest BCUT2D eigenvalue weighted by Gasteiger charge is 2.13. The van der Waals surface area contributed by atoms with Crippen molar-refractivity contribution < 1.29 is 0 Å². The molecule has 0 saturated heterocycles. The number of pyridine rings is 1. The Balaban J connectivity index is 2.96. The number of nitrogens with one attached hydrogen (secondary N) is 1. The fourth-order valence-electron chi connectivity index (χ4n) is 1.95. The topological polar surface area (TPSA) is 28.2 Å². The molecule has 3 nitrogen and oxygen atoms in total. The lowest BCUT2D eigenvalue weighted by Gasteiger charge is -2.26. The summed E-state index contributed by atoms with van der Waals surface area (Å²) < 4.78 is 1.04. The number of hydrogen-bond acceptors (Lipinski definition) is 3. The molecule has 1 rings (SSSR count). The first-order chi connectivity index (χ1) is 8.58. The molecule has 1 aromatic heterocycles. The molecule has 4 heteroatoms. The zero-order valence-electron chi connectivity index (χ0n) is 11.8. The van der Waals surface area contributed by atoms with Crippen LogP contribution in [-0.4, -0.2) is 24.6 Å². The van der Waals surface area contributed by atoms with Crippen LogP contribution < -0.4 is 10.2 Å². The molecule has 1 N–H and O–H groups in total. The minimum atomic E-state index is 0.641. The first kappa shape index (κ1) is 15.4. The number of halogens is 1. The summed E-state index contributed by atoms with van der Waals surface area (Å²) in [6.07, 6.45) is 1.88. The van der Waals surface area contributed by atoms with Crippen LogP contribution in [0.2, 0.25) is 0 Å². The molecule has 18 heavy (non-hydrogen) atoms. The molecule has 102 valence electrons. The van der Waals surface area contributed by atoms with E-state index in [0.717, 1.165) is 36.5 Å². The van der Waals surface area contributed by atoms with Crippen molar-refractivity contribution in [1.82, 2.24) is 10.3 Å². The Labute approximate surface area is 119 Å². The lowest BCUT2D eigenvalue weighted by molar-refractivity contribution is 0.610. The molecule has 1 aromatic rings. The summed E-state index contributed by atoms with van der Waals surface area (Å²) in [6, 6.07) is 2.16. The van der Waals surface area contributed by atoms with Gasteiger partial charge >= 0.3 is 0 Å². The lowest BCUT2D eigenvalue weighted by Crippen LogP contribution is -2.30. The predicted octanol–water partition coefficient (Wildman–Crippen LogP) is 3.44. The maximum atomic E-state index is 4.59. The Kier molecular flexibility index (Phi) is 6.65. The number of aromatic nitrogens is 1. The number of rotatable bonds is 7. The van der Waals surface area contributed by atoms with Crippen LogP contribution in [0.25, 0.3) is 0 Å². The zero-order valence-corrected chi connectivity index (χ0v) is 13.4. The number of hydrogen-bond donors (Lipinski definition) is 1. The summed E-state index contributed by atoms with van der Waals surface area (Å²) in [7, 11) is 0. The third-order valence-electron chi connectivity index (χ3n) is 2.74. The van der Waals surface area contributed by atoms with Crippen LogP contribution in [0.1, 0.15) is 33.3 Å². The van der Waals surface area contributed by atoms with Crippen LogP contribution in [0, 0.1) is 5.92 Å². The highest BCUT2D eigenvalue weighted by atomic mass is 79.9. The van der Waals surface area contributed by atoms with E-state index in [-0.39, 0.29) is 0 Å². The van der Waals surface area contributed by atoms with Crippen LogP contribution >= 0.6 is 15.9 Å². The van der Waals surface area contributed by atoms with E-state index in [2.05, 4.69) is 64.9 Å². The van der Waals surface area contributed by atoms with Crippen LogP contribution in [0.15, 0.2) is 16.7 Å². The van der Waals surface area contributed by atoms with E-state index in [1.165, 1.54) is 5.56 Å². The average molecular weight is 314 g/mol. The van der Waals surface area contributed by atoms with Gasteiger partial charge < -0.3 is 10.2 Å². The van der Waals surface area contributed by atoms with Crippen molar-refractivity contribution in [3.8, 4) is 0 Å². The van der Waals surface area contributed by atoms with Gasteiger partial charge in [-0.3, -0.25) is 0 Å². The van der Waals surface area contributed by atoms with E-state index in [0.29, 0.717) is 5.92 Å². The molecular formula is C14H24BrN3. The van der Waals surface area contributed by atoms with Crippen LogP contribution in [-0.2, 0) is 6.54 Å². The van der Waals surface area contributed by atoms with Gasteiger partial charge in [-0.1, -0.05) is 20.8 Å². The van der Waals surface area contributed by atoms with Crippen LogP contribution in [0.4, 0.5) is 5.82 Å². The maximum Gasteiger partial charge on any atom is 0.133 e. The van der Waals surface area contributed by atoms with Crippen molar-refractivity contribution in [3.63, 3.8) is 0 Å². The van der Waals surface area contributed by atoms with Gasteiger partial charge in [-0.25, -0.2) is 4.98 Å². The van der Waals surface area contributed by atoms with Gasteiger partial charge in [-0.05, 0) is 41.4 Å². The Hall–Kier alpha value is -0.610. The van der Waals surface area contributed by atoms with Crippen LogP contribution in [0.3, 0.4) is 0 Å². The van der Waals surface area contributed by atoms with Crippen molar-refractivity contribution in [2.45, 2.75) is 34.2 Å². The van der Waals surface area contributed by atoms with E-state index in [1.807, 2.05) is 6.20 Å². The van der Waals surface area contributed by atoms with Gasteiger partial charge in [0.2, 0.25) is 0 Å². The summed E-state index contributed by atoms with van der Waals surface area (Å²) in [4.78, 5) is 6.95. The normalized spacial score (nSPS) is 11.0. The smallest absolute Gasteiger partial charge is 0.133 e. The molecule has 0 unspecified atom stereocenters. The summed E-state index contributed by atoms with van der Waals surface area (Å²) in [6.45, 7) is 12.7. The van der Waals surface area contributed by atoms with Gasteiger partial charge in [0, 0.05) is 35.9 Å². The summed E-state index contributed by atoms with van der Waals surface area (Å²) in [5, 5.41) is 3.38. The first-order valence-corrected chi connectivity index (χ1v) is 7.47. The quantitative estimate of drug-likeness (QED) is 0.836. The molecular weight excluding hydrogens is 290 g/mol. The molecule has 0 atom stereocenters. The molecule has 1 heterocycles. The van der Waals surface area contributed by atoms with Gasteiger partial charge in [-0.2, -0.15) is 0 Å². The summed E-state index contributed by atoms with van der Waals surface area (Å²) >= 11 is 3.50. The second-order valence-corrected chi connectivity index (χ2v) is 5.76. The standard InChI is InChI=1S/C14H24BrN3/c1-5-16-8-12-7-13(15)9-17-14(12)18(6-2)10-11(3)4/h7,9,11,16H,5-6,8,10H2,1-4H3. The van der Waals surface area contributed by atoms with E-state index >= 15 is 0 Å². The molecule has 0 radical (unpaired) electrons. The van der Waals surface area contributed by atoms with Crippen LogP contribution in [0.5, 0.6) is 0 Å². The molecule has 0 saturated carbocycles. The Morgan fingerprint density at radius 2 is 2.11 bits per heavy atom. The SMILES string of the molecule is CCNCc1cc(Br)cnc1N(CC)CC(C)C. The highest BCUT2D eigenvalue weighted by molar-refractivity contribution is 9.10. The van der Waals surface area contributed by atoms with Crippen molar-refractivity contribution >= 4 is 21.7 Å². The van der Waals surface area contributed by atoms with E-state index in [1.54, 1.807) is 0 Å². The number of anilines is 1. The summed E-state index contributed by atoms with van der Waals surface area (Å²) in [5.74, 6) is 1.75. The minimum Gasteiger partial charge on any atom is -0.356 e. The van der Waals surface area contributed by atoms with Gasteiger partial charge in [0.05, 0.1) is 0 Å². The molecule has 0 aliphatic rings. The minimum absolute atomic E-state index is 0.641. The van der Waals surface area contributed by atoms with E-state index in [9.17, 15) is 0 Å². The second-order valence-electron chi connectivity index (χ2n) is 4.85.